The van der Waals surface area contributed by atoms with Crippen LogP contribution >= 0.6 is 0 Å². The maximum Gasteiger partial charge on any atom is 0.488 e. The Labute approximate surface area is 192 Å². The molecule has 0 radical (unpaired) electrons. The van der Waals surface area contributed by atoms with Crippen molar-refractivity contribution in [1.82, 2.24) is 5.32 Å². The van der Waals surface area contributed by atoms with E-state index in [0.29, 0.717) is 41.6 Å². The molecule has 32 heavy (non-hydrogen) atoms. The van der Waals surface area contributed by atoms with Crippen LogP contribution in [0.5, 0.6) is 0 Å². The molecule has 1 heterocycles. The molecule has 1 saturated heterocycles. The predicted molar refractivity (Wildman–Crippen MR) is 126 cm³/mol. The van der Waals surface area contributed by atoms with Crippen molar-refractivity contribution >= 4 is 18.5 Å². The molecule has 4 aliphatic rings. The molecule has 1 aromatic rings. The zero-order valence-corrected chi connectivity index (χ0v) is 19.4. The van der Waals surface area contributed by atoms with E-state index in [9.17, 15) is 14.8 Å². The van der Waals surface area contributed by atoms with Crippen LogP contribution in [0.4, 0.5) is 0 Å². The van der Waals surface area contributed by atoms with E-state index in [1.165, 1.54) is 30.4 Å². The van der Waals surface area contributed by atoms with Gasteiger partial charge in [0, 0.05) is 12.5 Å². The van der Waals surface area contributed by atoms with E-state index in [2.05, 4.69) is 18.3 Å². The molecule has 1 amide bonds. The second-order valence-corrected chi connectivity index (χ2v) is 11.0. The van der Waals surface area contributed by atoms with Crippen LogP contribution in [0.3, 0.4) is 0 Å². The Morgan fingerprint density at radius 1 is 1.19 bits per heavy atom. The van der Waals surface area contributed by atoms with E-state index in [4.69, 9.17) is 4.74 Å². The zero-order valence-electron chi connectivity index (χ0n) is 19.4. The van der Waals surface area contributed by atoms with Crippen molar-refractivity contribution in [3.8, 4) is 0 Å². The number of hydrogen-bond acceptors (Lipinski definition) is 4. The van der Waals surface area contributed by atoms with Gasteiger partial charge >= 0.3 is 7.12 Å². The average Bonchev–Trinajstić information content (AvgIpc) is 3.14. The number of amides is 1. The molecule has 3 N–H and O–H groups in total. The van der Waals surface area contributed by atoms with E-state index < -0.39 is 7.12 Å². The van der Waals surface area contributed by atoms with E-state index in [1.54, 1.807) is 0 Å². The van der Waals surface area contributed by atoms with Gasteiger partial charge in [-0.15, -0.1) is 0 Å². The van der Waals surface area contributed by atoms with Gasteiger partial charge in [0.2, 0.25) is 5.91 Å². The first-order chi connectivity index (χ1) is 15.4. The van der Waals surface area contributed by atoms with Gasteiger partial charge in [0.1, 0.15) is 0 Å². The number of aryl methyl sites for hydroxylation is 1. The standard InChI is InChI=1S/C26H38BNO4/c1-26-14-13-22-21-11-9-19(27(30)31)15-17(21)7-10-23(22)25(26)18(16-32-26)8-12-24(29)28-20-5-3-2-4-6-20/h9,11,15,18,20,22-23,25,30-31H,2-8,10,12-14,16H2,1H3,(H,28,29)/t18-,22?,23?,25?,26+/m1/s1. The summed E-state index contributed by atoms with van der Waals surface area (Å²) in [7, 11) is -1.40. The van der Waals surface area contributed by atoms with Gasteiger partial charge in [-0.1, -0.05) is 37.5 Å². The average molecular weight is 439 g/mol. The Morgan fingerprint density at radius 3 is 2.78 bits per heavy atom. The lowest BCUT2D eigenvalue weighted by Gasteiger charge is -2.49. The summed E-state index contributed by atoms with van der Waals surface area (Å²) in [5.74, 6) is 2.27. The van der Waals surface area contributed by atoms with Crippen LogP contribution in [-0.4, -0.2) is 41.3 Å². The van der Waals surface area contributed by atoms with Crippen LogP contribution in [0.1, 0.15) is 88.2 Å². The van der Waals surface area contributed by atoms with Crippen LogP contribution in [0, 0.1) is 17.8 Å². The molecule has 3 fully saturated rings. The van der Waals surface area contributed by atoms with Crippen molar-refractivity contribution in [2.45, 2.75) is 95.1 Å². The second kappa shape index (κ2) is 9.11. The summed E-state index contributed by atoms with van der Waals surface area (Å²) in [5, 5.41) is 22.4. The van der Waals surface area contributed by atoms with Gasteiger partial charge in [0.15, 0.2) is 0 Å². The fourth-order valence-electron chi connectivity index (χ4n) is 7.52. The molecule has 1 aliphatic heterocycles. The van der Waals surface area contributed by atoms with Crippen LogP contribution in [0.15, 0.2) is 18.2 Å². The lowest BCUT2D eigenvalue weighted by molar-refractivity contribution is -0.122. The molecule has 0 aromatic heterocycles. The van der Waals surface area contributed by atoms with Gasteiger partial charge in [-0.2, -0.15) is 0 Å². The van der Waals surface area contributed by atoms with Gasteiger partial charge in [0.25, 0.3) is 0 Å². The summed E-state index contributed by atoms with van der Waals surface area (Å²) in [6.45, 7) is 3.08. The molecule has 2 saturated carbocycles. The van der Waals surface area contributed by atoms with Crippen LogP contribution in [0.25, 0.3) is 0 Å². The van der Waals surface area contributed by atoms with E-state index in [-0.39, 0.29) is 11.5 Å². The molecule has 0 spiro atoms. The molecule has 3 aliphatic carbocycles. The highest BCUT2D eigenvalue weighted by Crippen LogP contribution is 2.58. The summed E-state index contributed by atoms with van der Waals surface area (Å²) in [4.78, 5) is 12.6. The zero-order chi connectivity index (χ0) is 22.3. The van der Waals surface area contributed by atoms with Crippen LogP contribution in [0.2, 0.25) is 0 Å². The van der Waals surface area contributed by atoms with Gasteiger partial charge in [-0.05, 0) is 92.1 Å². The molecular weight excluding hydrogens is 401 g/mol. The van der Waals surface area contributed by atoms with E-state index in [1.807, 2.05) is 12.1 Å². The Bertz CT molecular complexity index is 839. The van der Waals surface area contributed by atoms with Crippen LogP contribution in [-0.2, 0) is 16.0 Å². The number of fused-ring (bicyclic) bond motifs is 5. The molecule has 5 atom stereocenters. The third kappa shape index (κ3) is 4.26. The number of hydrogen-bond donors (Lipinski definition) is 3. The Balaban J connectivity index is 1.27. The third-order valence-electron chi connectivity index (χ3n) is 9.09. The number of nitrogens with one attached hydrogen (secondary N) is 1. The summed E-state index contributed by atoms with van der Waals surface area (Å²) in [5.41, 5.74) is 3.20. The summed E-state index contributed by atoms with van der Waals surface area (Å²) < 4.78 is 6.43. The van der Waals surface area contributed by atoms with Crippen molar-refractivity contribution in [2.24, 2.45) is 17.8 Å². The lowest BCUT2D eigenvalue weighted by Crippen LogP contribution is -2.47. The molecule has 5 rings (SSSR count). The second-order valence-electron chi connectivity index (χ2n) is 11.0. The highest BCUT2D eigenvalue weighted by atomic mass is 16.5. The topological polar surface area (TPSA) is 78.8 Å². The maximum absolute atomic E-state index is 12.6. The fourth-order valence-corrected chi connectivity index (χ4v) is 7.52. The van der Waals surface area contributed by atoms with Crippen molar-refractivity contribution in [3.63, 3.8) is 0 Å². The molecule has 6 heteroatoms. The minimum absolute atomic E-state index is 0.0651. The number of rotatable bonds is 5. The van der Waals surface area contributed by atoms with Crippen LogP contribution < -0.4 is 10.8 Å². The van der Waals surface area contributed by atoms with Crippen molar-refractivity contribution in [3.05, 3.63) is 29.3 Å². The minimum atomic E-state index is -1.40. The van der Waals surface area contributed by atoms with Crippen molar-refractivity contribution in [1.29, 1.82) is 0 Å². The fraction of sp³-hybridized carbons (Fsp3) is 0.731. The normalized spacial score (nSPS) is 34.3. The smallest absolute Gasteiger partial charge is 0.423 e. The Hall–Kier alpha value is -1.37. The first-order valence-corrected chi connectivity index (χ1v) is 12.9. The van der Waals surface area contributed by atoms with Gasteiger partial charge in [-0.25, -0.2) is 0 Å². The monoisotopic (exact) mass is 439 g/mol. The number of benzene rings is 1. The molecular formula is C26H38BNO4. The minimum Gasteiger partial charge on any atom is -0.423 e. The summed E-state index contributed by atoms with van der Waals surface area (Å²) in [6.07, 6.45) is 11.9. The molecule has 174 valence electrons. The molecule has 5 nitrogen and oxygen atoms in total. The largest absolute Gasteiger partial charge is 0.488 e. The highest BCUT2D eigenvalue weighted by Gasteiger charge is 2.55. The van der Waals surface area contributed by atoms with Gasteiger partial charge in [0.05, 0.1) is 12.2 Å². The molecule has 0 bridgehead atoms. The van der Waals surface area contributed by atoms with Crippen molar-refractivity contribution < 1.29 is 19.6 Å². The first-order valence-electron chi connectivity index (χ1n) is 12.9. The van der Waals surface area contributed by atoms with Gasteiger partial charge < -0.3 is 20.1 Å². The maximum atomic E-state index is 12.6. The number of carbonyl (C=O) groups is 1. The third-order valence-corrected chi connectivity index (χ3v) is 9.09. The Morgan fingerprint density at radius 2 is 2.00 bits per heavy atom. The SMILES string of the molecule is C[C@]12CCC3c4ccc(B(O)O)cc4CCC3C1[C@H](CCC(=O)NC1CCCCC1)CO2. The molecule has 3 unspecified atom stereocenters. The Kier molecular flexibility index (Phi) is 6.39. The first kappa shape index (κ1) is 22.4. The van der Waals surface area contributed by atoms with Crippen molar-refractivity contribution in [2.75, 3.05) is 6.61 Å². The highest BCUT2D eigenvalue weighted by molar-refractivity contribution is 6.58. The lowest BCUT2D eigenvalue weighted by atomic mass is 9.56. The van der Waals surface area contributed by atoms with E-state index in [0.717, 1.165) is 51.6 Å². The van der Waals surface area contributed by atoms with E-state index >= 15 is 0 Å². The predicted octanol–water partition coefficient (Wildman–Crippen LogP) is 3.06. The number of carbonyl (C=O) groups excluding carboxylic acids is 1. The number of ether oxygens (including phenoxy) is 1. The summed E-state index contributed by atoms with van der Waals surface area (Å²) >= 11 is 0. The summed E-state index contributed by atoms with van der Waals surface area (Å²) in [6, 6.07) is 6.38. The quantitative estimate of drug-likeness (QED) is 0.617. The van der Waals surface area contributed by atoms with Gasteiger partial charge in [-0.3, -0.25) is 4.79 Å². The molecule has 1 aromatic carbocycles.